The summed E-state index contributed by atoms with van der Waals surface area (Å²) in [6, 6.07) is 5.68. The lowest BCUT2D eigenvalue weighted by atomic mass is 9.99. The molecule has 0 bridgehead atoms. The van der Waals surface area contributed by atoms with Crippen LogP contribution in [0.3, 0.4) is 0 Å². The molecule has 0 atom stereocenters. The number of ether oxygens (including phenoxy) is 1. The normalized spacial score (nSPS) is 15.3. The van der Waals surface area contributed by atoms with E-state index in [4.69, 9.17) is 4.74 Å². The number of hydrogen-bond donors (Lipinski definition) is 0. The van der Waals surface area contributed by atoms with Gasteiger partial charge in [-0.2, -0.15) is 0 Å². The molecule has 0 aromatic heterocycles. The van der Waals surface area contributed by atoms with Gasteiger partial charge in [0.25, 0.3) is 5.91 Å². The van der Waals surface area contributed by atoms with E-state index in [0.717, 1.165) is 29.8 Å². The molecule has 0 unspecified atom stereocenters. The Morgan fingerprint density at radius 3 is 2.93 bits per heavy atom. The average Bonchev–Trinajstić information content (AvgIpc) is 2.23. The van der Waals surface area contributed by atoms with Gasteiger partial charge in [0.05, 0.1) is 7.11 Å². The predicted octanol–water partition coefficient (Wildman–Crippen LogP) is 1.32. The number of benzene rings is 1. The molecule has 0 N–H and O–H groups in total. The first kappa shape index (κ1) is 9.06. The van der Waals surface area contributed by atoms with E-state index in [1.54, 1.807) is 12.0 Å². The lowest BCUT2D eigenvalue weighted by molar-refractivity contribution is 0.0780. The van der Waals surface area contributed by atoms with Gasteiger partial charge in [-0.15, -0.1) is 0 Å². The topological polar surface area (TPSA) is 29.5 Å². The molecule has 1 amide bonds. The highest BCUT2D eigenvalue weighted by Gasteiger charge is 2.21. The van der Waals surface area contributed by atoms with Crippen molar-refractivity contribution in [3.05, 3.63) is 29.3 Å². The van der Waals surface area contributed by atoms with Crippen LogP contribution in [0.5, 0.6) is 5.75 Å². The molecule has 3 heteroatoms. The van der Waals surface area contributed by atoms with Crippen LogP contribution in [-0.2, 0) is 6.42 Å². The van der Waals surface area contributed by atoms with Gasteiger partial charge in [-0.3, -0.25) is 4.79 Å². The smallest absolute Gasteiger partial charge is 0.254 e. The number of amides is 1. The van der Waals surface area contributed by atoms with Crippen LogP contribution in [0, 0.1) is 0 Å². The molecule has 74 valence electrons. The van der Waals surface area contributed by atoms with Crippen molar-refractivity contribution in [3.8, 4) is 5.75 Å². The fraction of sp³-hybridized carbons (Fsp3) is 0.364. The van der Waals surface area contributed by atoms with Crippen molar-refractivity contribution in [2.24, 2.45) is 0 Å². The summed E-state index contributed by atoms with van der Waals surface area (Å²) in [5.41, 5.74) is 1.90. The molecule has 0 radical (unpaired) electrons. The molecule has 14 heavy (non-hydrogen) atoms. The lowest BCUT2D eigenvalue weighted by Gasteiger charge is -2.24. The maximum Gasteiger partial charge on any atom is 0.254 e. The summed E-state index contributed by atoms with van der Waals surface area (Å²) in [7, 11) is 3.43. The van der Waals surface area contributed by atoms with Crippen LogP contribution in [0.1, 0.15) is 15.9 Å². The largest absolute Gasteiger partial charge is 0.497 e. The third-order valence-electron chi connectivity index (χ3n) is 2.61. The second-order valence-electron chi connectivity index (χ2n) is 3.50. The van der Waals surface area contributed by atoms with Gasteiger partial charge in [-0.1, -0.05) is 6.07 Å². The van der Waals surface area contributed by atoms with Crippen LogP contribution in [0.4, 0.5) is 0 Å². The van der Waals surface area contributed by atoms with E-state index in [2.05, 4.69) is 0 Å². The molecule has 0 saturated carbocycles. The summed E-state index contributed by atoms with van der Waals surface area (Å²) in [5, 5.41) is 0. The molecule has 0 saturated heterocycles. The third-order valence-corrected chi connectivity index (χ3v) is 2.61. The van der Waals surface area contributed by atoms with Crippen molar-refractivity contribution < 1.29 is 9.53 Å². The summed E-state index contributed by atoms with van der Waals surface area (Å²) in [6.45, 7) is 0.804. The van der Waals surface area contributed by atoms with Crippen LogP contribution in [0.25, 0.3) is 0 Å². The van der Waals surface area contributed by atoms with Gasteiger partial charge in [0, 0.05) is 19.2 Å². The van der Waals surface area contributed by atoms with Crippen molar-refractivity contribution in [2.45, 2.75) is 6.42 Å². The number of fused-ring (bicyclic) bond motifs is 1. The Bertz CT molecular complexity index is 374. The number of methoxy groups -OCH3 is 1. The predicted molar refractivity (Wildman–Crippen MR) is 53.7 cm³/mol. The maximum absolute atomic E-state index is 11.8. The van der Waals surface area contributed by atoms with Crippen LogP contribution in [0.2, 0.25) is 0 Å². The second kappa shape index (κ2) is 3.33. The van der Waals surface area contributed by atoms with Gasteiger partial charge in [0.2, 0.25) is 0 Å². The molecule has 2 rings (SSSR count). The minimum Gasteiger partial charge on any atom is -0.497 e. The molecule has 3 nitrogen and oxygen atoms in total. The third kappa shape index (κ3) is 1.35. The number of carbonyl (C=O) groups excluding carboxylic acids is 1. The van der Waals surface area contributed by atoms with E-state index in [9.17, 15) is 4.79 Å². The molecule has 1 aliphatic heterocycles. The van der Waals surface area contributed by atoms with E-state index >= 15 is 0 Å². The van der Waals surface area contributed by atoms with Crippen LogP contribution >= 0.6 is 0 Å². The monoisotopic (exact) mass is 191 g/mol. The Morgan fingerprint density at radius 2 is 2.21 bits per heavy atom. The van der Waals surface area contributed by atoms with Crippen molar-refractivity contribution in [2.75, 3.05) is 20.7 Å². The Labute approximate surface area is 83.3 Å². The molecule has 0 fully saturated rings. The highest BCUT2D eigenvalue weighted by atomic mass is 16.5. The Kier molecular flexibility index (Phi) is 2.15. The summed E-state index contributed by atoms with van der Waals surface area (Å²) in [4.78, 5) is 13.5. The number of rotatable bonds is 1. The Balaban J connectivity index is 2.46. The molecule has 0 aliphatic carbocycles. The Morgan fingerprint density at radius 1 is 1.43 bits per heavy atom. The van der Waals surface area contributed by atoms with Gasteiger partial charge < -0.3 is 9.64 Å². The van der Waals surface area contributed by atoms with Gasteiger partial charge >= 0.3 is 0 Å². The highest BCUT2D eigenvalue weighted by Crippen LogP contribution is 2.22. The van der Waals surface area contributed by atoms with Crippen LogP contribution < -0.4 is 4.74 Å². The molecular weight excluding hydrogens is 178 g/mol. The van der Waals surface area contributed by atoms with E-state index in [-0.39, 0.29) is 5.91 Å². The quantitative estimate of drug-likeness (QED) is 0.670. The molecule has 1 heterocycles. The van der Waals surface area contributed by atoms with Crippen LogP contribution in [0.15, 0.2) is 18.2 Å². The van der Waals surface area contributed by atoms with E-state index in [0.29, 0.717) is 0 Å². The number of hydrogen-bond acceptors (Lipinski definition) is 2. The van der Waals surface area contributed by atoms with Crippen molar-refractivity contribution in [1.29, 1.82) is 0 Å². The number of likely N-dealkylation sites (N-methyl/N-ethyl adjacent to an activating group) is 1. The van der Waals surface area contributed by atoms with E-state index in [1.165, 1.54) is 0 Å². The van der Waals surface area contributed by atoms with Crippen LogP contribution in [-0.4, -0.2) is 31.5 Å². The van der Waals surface area contributed by atoms with Gasteiger partial charge in [0.1, 0.15) is 5.75 Å². The minimum absolute atomic E-state index is 0.0881. The zero-order valence-electron chi connectivity index (χ0n) is 8.41. The minimum atomic E-state index is 0.0881. The number of carbonyl (C=O) groups is 1. The van der Waals surface area contributed by atoms with E-state index in [1.807, 2.05) is 25.2 Å². The lowest BCUT2D eigenvalue weighted by Crippen LogP contribution is -2.34. The first-order valence-electron chi connectivity index (χ1n) is 4.65. The molecule has 0 spiro atoms. The van der Waals surface area contributed by atoms with Crippen molar-refractivity contribution in [1.82, 2.24) is 4.90 Å². The van der Waals surface area contributed by atoms with Crippen molar-refractivity contribution in [3.63, 3.8) is 0 Å². The fourth-order valence-corrected chi connectivity index (χ4v) is 1.69. The summed E-state index contributed by atoms with van der Waals surface area (Å²) >= 11 is 0. The summed E-state index contributed by atoms with van der Waals surface area (Å²) < 4.78 is 5.09. The standard InChI is InChI=1S/C11H13NO2/c1-12-6-5-8-3-4-9(14-2)7-10(8)11(12)13/h3-4,7H,5-6H2,1-2H3. The SMILES string of the molecule is COc1ccc2c(c1)C(=O)N(C)CC2. The first-order chi connectivity index (χ1) is 6.72. The second-order valence-corrected chi connectivity index (χ2v) is 3.50. The van der Waals surface area contributed by atoms with Gasteiger partial charge in [0.15, 0.2) is 0 Å². The molecule has 1 aliphatic rings. The first-order valence-corrected chi connectivity index (χ1v) is 4.65. The van der Waals surface area contributed by atoms with Gasteiger partial charge in [-0.05, 0) is 24.1 Å². The zero-order valence-corrected chi connectivity index (χ0v) is 8.41. The van der Waals surface area contributed by atoms with E-state index < -0.39 is 0 Å². The van der Waals surface area contributed by atoms with Gasteiger partial charge in [-0.25, -0.2) is 0 Å². The average molecular weight is 191 g/mol. The van der Waals surface area contributed by atoms with Crippen molar-refractivity contribution >= 4 is 5.91 Å². The summed E-state index contributed by atoms with van der Waals surface area (Å²) in [6.07, 6.45) is 0.932. The maximum atomic E-state index is 11.8. The molecular formula is C11H13NO2. The molecule has 1 aromatic rings. The zero-order chi connectivity index (χ0) is 10.1. The fourth-order valence-electron chi connectivity index (χ4n) is 1.69. The summed E-state index contributed by atoms with van der Waals surface area (Å²) in [5.74, 6) is 0.831. The number of nitrogens with zero attached hydrogens (tertiary/aromatic N) is 1. The molecule has 1 aromatic carbocycles. The Hall–Kier alpha value is -1.51. The highest BCUT2D eigenvalue weighted by molar-refractivity contribution is 5.96.